The molecule has 1 unspecified atom stereocenters. The van der Waals surface area contributed by atoms with Crippen LogP contribution in [-0.4, -0.2) is 6.54 Å². The summed E-state index contributed by atoms with van der Waals surface area (Å²) in [5, 5.41) is 7.87. The van der Waals surface area contributed by atoms with Crippen molar-refractivity contribution in [3.05, 3.63) is 43.4 Å². The first kappa shape index (κ1) is 13.8. The lowest BCUT2D eigenvalue weighted by Crippen LogP contribution is -2.22. The van der Waals surface area contributed by atoms with E-state index < -0.39 is 0 Å². The van der Waals surface area contributed by atoms with Crippen LogP contribution >= 0.6 is 27.3 Å². The highest BCUT2D eigenvalue weighted by Gasteiger charge is 2.23. The van der Waals surface area contributed by atoms with Crippen LogP contribution in [0, 0.1) is 20.8 Å². The van der Waals surface area contributed by atoms with Gasteiger partial charge in [0.05, 0.1) is 6.04 Å². The van der Waals surface area contributed by atoms with E-state index in [4.69, 9.17) is 4.42 Å². The molecule has 0 aliphatic carbocycles. The highest BCUT2D eigenvalue weighted by atomic mass is 79.9. The summed E-state index contributed by atoms with van der Waals surface area (Å²) in [6.45, 7) is 9.25. The minimum atomic E-state index is 0.202. The second-order valence-electron chi connectivity index (χ2n) is 4.42. The molecular formula is C14H18BrNOS. The first-order valence-corrected chi connectivity index (χ1v) is 7.81. The van der Waals surface area contributed by atoms with Gasteiger partial charge < -0.3 is 9.73 Å². The number of rotatable bonds is 4. The van der Waals surface area contributed by atoms with Gasteiger partial charge in [0.25, 0.3) is 0 Å². The molecule has 2 heterocycles. The van der Waals surface area contributed by atoms with Crippen molar-refractivity contribution in [3.8, 4) is 0 Å². The Kier molecular flexibility index (Phi) is 4.30. The number of halogens is 1. The predicted molar refractivity (Wildman–Crippen MR) is 80.5 cm³/mol. The molecule has 0 amide bonds. The average molecular weight is 328 g/mol. The molecule has 2 nitrogen and oxygen atoms in total. The largest absolute Gasteiger partial charge is 0.466 e. The summed E-state index contributed by atoms with van der Waals surface area (Å²) in [6, 6.07) is 0.202. The molecule has 98 valence electrons. The van der Waals surface area contributed by atoms with Gasteiger partial charge in [0.1, 0.15) is 11.5 Å². The van der Waals surface area contributed by atoms with E-state index in [0.717, 1.165) is 22.5 Å². The Morgan fingerprint density at radius 1 is 1.28 bits per heavy atom. The van der Waals surface area contributed by atoms with Crippen molar-refractivity contribution in [2.75, 3.05) is 6.54 Å². The van der Waals surface area contributed by atoms with Gasteiger partial charge in [-0.2, -0.15) is 11.3 Å². The maximum absolute atomic E-state index is 5.76. The molecule has 0 aliphatic heterocycles. The van der Waals surface area contributed by atoms with E-state index in [2.05, 4.69) is 45.9 Å². The maximum Gasteiger partial charge on any atom is 0.106 e. The van der Waals surface area contributed by atoms with Gasteiger partial charge in [-0.25, -0.2) is 0 Å². The molecule has 0 bridgehead atoms. The smallest absolute Gasteiger partial charge is 0.106 e. The zero-order valence-electron chi connectivity index (χ0n) is 11.1. The zero-order chi connectivity index (χ0) is 13.3. The molecular weight excluding hydrogens is 310 g/mol. The van der Waals surface area contributed by atoms with Crippen LogP contribution in [0.1, 0.15) is 41.2 Å². The fourth-order valence-corrected chi connectivity index (χ4v) is 3.86. The van der Waals surface area contributed by atoms with Crippen molar-refractivity contribution < 1.29 is 4.42 Å². The van der Waals surface area contributed by atoms with Crippen LogP contribution in [0.15, 0.2) is 19.6 Å². The number of aryl methyl sites for hydroxylation is 2. The Morgan fingerprint density at radius 3 is 2.44 bits per heavy atom. The normalized spacial score (nSPS) is 12.9. The fourth-order valence-electron chi connectivity index (χ4n) is 2.30. The lowest BCUT2D eigenvalue weighted by molar-refractivity contribution is 0.494. The van der Waals surface area contributed by atoms with Crippen molar-refractivity contribution >= 4 is 27.3 Å². The summed E-state index contributed by atoms with van der Waals surface area (Å²) >= 11 is 5.35. The van der Waals surface area contributed by atoms with Gasteiger partial charge >= 0.3 is 0 Å². The summed E-state index contributed by atoms with van der Waals surface area (Å²) in [5.74, 6) is 2.02. The molecule has 2 aromatic heterocycles. The Bertz CT molecular complexity index is 544. The Balaban J connectivity index is 2.51. The number of thiophene rings is 1. The average Bonchev–Trinajstić information content (AvgIpc) is 2.83. The van der Waals surface area contributed by atoms with Crippen LogP contribution in [0.3, 0.4) is 0 Å². The highest BCUT2D eigenvalue weighted by molar-refractivity contribution is 9.10. The van der Waals surface area contributed by atoms with E-state index in [0.29, 0.717) is 0 Å². The first-order chi connectivity index (χ1) is 8.56. The summed E-state index contributed by atoms with van der Waals surface area (Å²) < 4.78 is 6.92. The van der Waals surface area contributed by atoms with Gasteiger partial charge in [-0.1, -0.05) is 6.92 Å². The van der Waals surface area contributed by atoms with E-state index in [1.54, 1.807) is 11.3 Å². The molecule has 1 N–H and O–H groups in total. The first-order valence-electron chi connectivity index (χ1n) is 6.07. The van der Waals surface area contributed by atoms with Crippen molar-refractivity contribution in [2.24, 2.45) is 0 Å². The SMILES string of the molecule is CCNC(c1cscc1Br)c1c(C)oc(C)c1C. The third-order valence-electron chi connectivity index (χ3n) is 3.27. The van der Waals surface area contributed by atoms with Gasteiger partial charge in [0, 0.05) is 15.4 Å². The number of nitrogens with one attached hydrogen (secondary N) is 1. The molecule has 4 heteroatoms. The highest BCUT2D eigenvalue weighted by Crippen LogP contribution is 2.36. The van der Waals surface area contributed by atoms with Crippen LogP contribution in [0.25, 0.3) is 0 Å². The van der Waals surface area contributed by atoms with Crippen molar-refractivity contribution in [1.82, 2.24) is 5.32 Å². The van der Waals surface area contributed by atoms with Crippen molar-refractivity contribution in [2.45, 2.75) is 33.7 Å². The molecule has 1 atom stereocenters. The molecule has 0 radical (unpaired) electrons. The zero-order valence-corrected chi connectivity index (χ0v) is 13.5. The van der Waals surface area contributed by atoms with E-state index in [9.17, 15) is 0 Å². The number of furan rings is 1. The Hall–Kier alpha value is -0.580. The molecule has 2 rings (SSSR count). The maximum atomic E-state index is 5.76. The van der Waals surface area contributed by atoms with Crippen molar-refractivity contribution in [1.29, 1.82) is 0 Å². The van der Waals surface area contributed by atoms with E-state index in [1.165, 1.54) is 16.7 Å². The van der Waals surface area contributed by atoms with Gasteiger partial charge in [-0.15, -0.1) is 0 Å². The summed E-state index contributed by atoms with van der Waals surface area (Å²) in [5.41, 5.74) is 3.80. The quantitative estimate of drug-likeness (QED) is 0.878. The van der Waals surface area contributed by atoms with Crippen LogP contribution in [-0.2, 0) is 0 Å². The predicted octanol–water partition coefficient (Wildman–Crippen LogP) is 4.73. The van der Waals surface area contributed by atoms with Gasteiger partial charge in [0.2, 0.25) is 0 Å². The molecule has 0 aliphatic rings. The molecule has 0 fully saturated rings. The van der Waals surface area contributed by atoms with E-state index in [-0.39, 0.29) is 6.04 Å². The second kappa shape index (κ2) is 5.59. The molecule has 18 heavy (non-hydrogen) atoms. The van der Waals surface area contributed by atoms with E-state index in [1.807, 2.05) is 13.8 Å². The topological polar surface area (TPSA) is 25.2 Å². The summed E-state index contributed by atoms with van der Waals surface area (Å²) in [4.78, 5) is 0. The van der Waals surface area contributed by atoms with Crippen LogP contribution < -0.4 is 5.32 Å². The molecule has 0 saturated carbocycles. The summed E-state index contributed by atoms with van der Waals surface area (Å²) in [6.07, 6.45) is 0. The Morgan fingerprint density at radius 2 is 2.00 bits per heavy atom. The second-order valence-corrected chi connectivity index (χ2v) is 6.02. The monoisotopic (exact) mass is 327 g/mol. The third-order valence-corrected chi connectivity index (χ3v) is 5.02. The van der Waals surface area contributed by atoms with Gasteiger partial charge in [0.15, 0.2) is 0 Å². The Labute approximate surface area is 121 Å². The van der Waals surface area contributed by atoms with Crippen LogP contribution in [0.4, 0.5) is 0 Å². The number of hydrogen-bond donors (Lipinski definition) is 1. The molecule has 0 aromatic carbocycles. The third kappa shape index (κ3) is 2.42. The minimum Gasteiger partial charge on any atom is -0.466 e. The lowest BCUT2D eigenvalue weighted by atomic mass is 9.97. The van der Waals surface area contributed by atoms with Gasteiger partial charge in [-0.05, 0) is 59.8 Å². The molecule has 0 spiro atoms. The number of hydrogen-bond acceptors (Lipinski definition) is 3. The van der Waals surface area contributed by atoms with Crippen molar-refractivity contribution in [3.63, 3.8) is 0 Å². The van der Waals surface area contributed by atoms with Crippen LogP contribution in [0.2, 0.25) is 0 Å². The van der Waals surface area contributed by atoms with Gasteiger partial charge in [-0.3, -0.25) is 0 Å². The molecule has 2 aromatic rings. The van der Waals surface area contributed by atoms with Crippen LogP contribution in [0.5, 0.6) is 0 Å². The van der Waals surface area contributed by atoms with E-state index >= 15 is 0 Å². The molecule has 0 saturated heterocycles. The minimum absolute atomic E-state index is 0.202. The standard InChI is InChI=1S/C14H18BrNOS/c1-5-16-14(11-6-18-7-12(11)15)13-8(2)9(3)17-10(13)4/h6-7,14,16H,5H2,1-4H3. The fraction of sp³-hybridized carbons (Fsp3) is 0.429. The summed E-state index contributed by atoms with van der Waals surface area (Å²) in [7, 11) is 0. The lowest BCUT2D eigenvalue weighted by Gasteiger charge is -2.18.